The van der Waals surface area contributed by atoms with E-state index in [-0.39, 0.29) is 5.91 Å². The van der Waals surface area contributed by atoms with Gasteiger partial charge in [-0.2, -0.15) is 5.10 Å². The summed E-state index contributed by atoms with van der Waals surface area (Å²) in [5.41, 5.74) is 3.60. The molecular weight excluding hydrogens is 292 g/mol. The maximum absolute atomic E-state index is 12.0. The summed E-state index contributed by atoms with van der Waals surface area (Å²) in [5.74, 6) is -0.110. The third-order valence-electron chi connectivity index (χ3n) is 3.37. The predicted molar refractivity (Wildman–Crippen MR) is 92.4 cm³/mol. The molecule has 110 valence electrons. The van der Waals surface area contributed by atoms with Crippen LogP contribution in [0.4, 0.5) is 0 Å². The van der Waals surface area contributed by atoms with Crippen molar-refractivity contribution in [2.24, 2.45) is 5.10 Å². The Kier molecular flexibility index (Phi) is 4.30. The van der Waals surface area contributed by atoms with Gasteiger partial charge in [-0.05, 0) is 35.4 Å². The van der Waals surface area contributed by atoms with E-state index in [0.29, 0.717) is 6.42 Å². The summed E-state index contributed by atoms with van der Waals surface area (Å²) in [6.07, 6.45) is 2.00. The van der Waals surface area contributed by atoms with Gasteiger partial charge in [0.15, 0.2) is 0 Å². The molecule has 0 atom stereocenters. The fourth-order valence-electron chi connectivity index (χ4n) is 2.35. The molecular formula is C18H16N2OS. The van der Waals surface area contributed by atoms with E-state index in [9.17, 15) is 4.79 Å². The zero-order valence-electron chi connectivity index (χ0n) is 12.2. The van der Waals surface area contributed by atoms with Crippen molar-refractivity contribution in [3.63, 3.8) is 0 Å². The second-order valence-electron chi connectivity index (χ2n) is 5.06. The molecule has 0 fully saturated rings. The average molecular weight is 308 g/mol. The number of carbonyl (C=O) groups is 1. The van der Waals surface area contributed by atoms with Gasteiger partial charge in [-0.1, -0.05) is 42.5 Å². The summed E-state index contributed by atoms with van der Waals surface area (Å²) in [4.78, 5) is 14.3. The van der Waals surface area contributed by atoms with Crippen molar-refractivity contribution >= 4 is 34.2 Å². The smallest absolute Gasteiger partial charge is 0.244 e. The minimum absolute atomic E-state index is 0.110. The van der Waals surface area contributed by atoms with E-state index in [4.69, 9.17) is 0 Å². The zero-order valence-corrected chi connectivity index (χ0v) is 13.1. The molecule has 2 aromatic carbocycles. The van der Waals surface area contributed by atoms with Crippen LogP contribution in [0.5, 0.6) is 0 Å². The molecule has 0 aliphatic rings. The number of rotatable bonds is 4. The van der Waals surface area contributed by atoms with Gasteiger partial charge in [0.1, 0.15) is 0 Å². The highest BCUT2D eigenvalue weighted by molar-refractivity contribution is 7.13. The number of thiophene rings is 1. The SMILES string of the molecule is Cc1ccc(/C=N\NC(=O)Cc2cccc3ccccc23)s1. The Balaban J connectivity index is 1.67. The lowest BCUT2D eigenvalue weighted by Crippen LogP contribution is -2.19. The number of nitrogens with one attached hydrogen (secondary N) is 1. The molecule has 1 aromatic heterocycles. The van der Waals surface area contributed by atoms with Crippen LogP contribution < -0.4 is 5.43 Å². The quantitative estimate of drug-likeness (QED) is 0.576. The number of hydrogen-bond donors (Lipinski definition) is 1. The summed E-state index contributed by atoms with van der Waals surface area (Å²) in [5, 5.41) is 6.27. The normalized spacial score (nSPS) is 11.1. The number of nitrogens with zero attached hydrogens (tertiary/aromatic N) is 1. The largest absolute Gasteiger partial charge is 0.273 e. The van der Waals surface area contributed by atoms with Crippen molar-refractivity contribution in [3.8, 4) is 0 Å². The van der Waals surface area contributed by atoms with Crippen molar-refractivity contribution in [3.05, 3.63) is 69.9 Å². The van der Waals surface area contributed by atoms with Crippen molar-refractivity contribution in [1.29, 1.82) is 0 Å². The van der Waals surface area contributed by atoms with Gasteiger partial charge in [-0.3, -0.25) is 4.79 Å². The Morgan fingerprint density at radius 3 is 2.77 bits per heavy atom. The van der Waals surface area contributed by atoms with Gasteiger partial charge in [-0.15, -0.1) is 11.3 Å². The molecule has 0 spiro atoms. The van der Waals surface area contributed by atoms with Gasteiger partial charge < -0.3 is 0 Å². The van der Waals surface area contributed by atoms with Crippen LogP contribution in [-0.4, -0.2) is 12.1 Å². The van der Waals surface area contributed by atoms with Crippen molar-refractivity contribution < 1.29 is 4.79 Å². The molecule has 1 heterocycles. The number of hydrogen-bond acceptors (Lipinski definition) is 3. The predicted octanol–water partition coefficient (Wildman–Crippen LogP) is 3.90. The maximum atomic E-state index is 12.0. The fourth-order valence-corrected chi connectivity index (χ4v) is 3.10. The van der Waals surface area contributed by atoms with Crippen LogP contribution in [0, 0.1) is 6.92 Å². The van der Waals surface area contributed by atoms with E-state index >= 15 is 0 Å². The molecule has 1 amide bonds. The Morgan fingerprint density at radius 1 is 1.14 bits per heavy atom. The van der Waals surface area contributed by atoms with E-state index in [1.807, 2.05) is 61.5 Å². The third-order valence-corrected chi connectivity index (χ3v) is 4.31. The Bertz CT molecular complexity index is 830. The molecule has 0 unspecified atom stereocenters. The first-order valence-corrected chi connectivity index (χ1v) is 7.89. The Morgan fingerprint density at radius 2 is 1.95 bits per heavy atom. The van der Waals surface area contributed by atoms with Crippen molar-refractivity contribution in [2.75, 3.05) is 0 Å². The summed E-state index contributed by atoms with van der Waals surface area (Å²) in [6.45, 7) is 2.04. The molecule has 0 saturated heterocycles. The van der Waals surface area contributed by atoms with Crippen molar-refractivity contribution in [1.82, 2.24) is 5.43 Å². The standard InChI is InChI=1S/C18H16N2OS/c1-13-9-10-16(22-13)12-19-20-18(21)11-15-7-4-6-14-5-2-3-8-17(14)15/h2-10,12H,11H2,1H3,(H,20,21)/b19-12-. The van der Waals surface area contributed by atoms with E-state index in [1.165, 1.54) is 4.88 Å². The van der Waals surface area contributed by atoms with Crippen molar-refractivity contribution in [2.45, 2.75) is 13.3 Å². The topological polar surface area (TPSA) is 41.5 Å². The fraction of sp³-hybridized carbons (Fsp3) is 0.111. The molecule has 3 rings (SSSR count). The summed E-state index contributed by atoms with van der Waals surface area (Å²) in [6, 6.07) is 18.1. The highest BCUT2D eigenvalue weighted by Crippen LogP contribution is 2.18. The van der Waals surface area contributed by atoms with Gasteiger partial charge in [0, 0.05) is 9.75 Å². The molecule has 0 saturated carbocycles. The van der Waals surface area contributed by atoms with Gasteiger partial charge in [0.05, 0.1) is 12.6 Å². The first kappa shape index (κ1) is 14.5. The molecule has 0 aliphatic carbocycles. The second kappa shape index (κ2) is 6.54. The lowest BCUT2D eigenvalue weighted by molar-refractivity contribution is -0.120. The molecule has 4 heteroatoms. The van der Waals surface area contributed by atoms with Crippen LogP contribution in [0.25, 0.3) is 10.8 Å². The molecule has 1 N–H and O–H groups in total. The summed E-state index contributed by atoms with van der Waals surface area (Å²) < 4.78 is 0. The highest BCUT2D eigenvalue weighted by Gasteiger charge is 2.05. The minimum atomic E-state index is -0.110. The van der Waals surface area contributed by atoms with E-state index in [0.717, 1.165) is 21.2 Å². The van der Waals surface area contributed by atoms with E-state index < -0.39 is 0 Å². The zero-order chi connectivity index (χ0) is 15.4. The summed E-state index contributed by atoms with van der Waals surface area (Å²) >= 11 is 1.64. The molecule has 3 nitrogen and oxygen atoms in total. The number of carbonyl (C=O) groups excluding carboxylic acids is 1. The molecule has 22 heavy (non-hydrogen) atoms. The van der Waals surface area contributed by atoms with Gasteiger partial charge in [0.2, 0.25) is 5.91 Å². The van der Waals surface area contributed by atoms with Crippen LogP contribution >= 0.6 is 11.3 Å². The van der Waals surface area contributed by atoms with Crippen LogP contribution in [0.3, 0.4) is 0 Å². The number of hydrazone groups is 1. The van der Waals surface area contributed by atoms with Gasteiger partial charge in [-0.25, -0.2) is 5.43 Å². The maximum Gasteiger partial charge on any atom is 0.244 e. The van der Waals surface area contributed by atoms with E-state index in [1.54, 1.807) is 17.6 Å². The van der Waals surface area contributed by atoms with Crippen LogP contribution in [0.2, 0.25) is 0 Å². The molecule has 3 aromatic rings. The Labute approximate surface area is 133 Å². The number of aryl methyl sites for hydroxylation is 1. The first-order valence-electron chi connectivity index (χ1n) is 7.07. The van der Waals surface area contributed by atoms with Crippen LogP contribution in [0.1, 0.15) is 15.3 Å². The van der Waals surface area contributed by atoms with Gasteiger partial charge >= 0.3 is 0 Å². The lowest BCUT2D eigenvalue weighted by atomic mass is 10.0. The number of benzene rings is 2. The highest BCUT2D eigenvalue weighted by atomic mass is 32.1. The summed E-state index contributed by atoms with van der Waals surface area (Å²) in [7, 11) is 0. The number of fused-ring (bicyclic) bond motifs is 1. The Hall–Kier alpha value is -2.46. The monoisotopic (exact) mass is 308 g/mol. The van der Waals surface area contributed by atoms with Crippen LogP contribution in [-0.2, 0) is 11.2 Å². The lowest BCUT2D eigenvalue weighted by Gasteiger charge is -2.05. The third kappa shape index (κ3) is 3.40. The van der Waals surface area contributed by atoms with E-state index in [2.05, 4.69) is 10.5 Å². The second-order valence-corrected chi connectivity index (χ2v) is 6.38. The molecule has 0 bridgehead atoms. The van der Waals surface area contributed by atoms with Crippen LogP contribution in [0.15, 0.2) is 59.7 Å². The average Bonchev–Trinajstić information content (AvgIpc) is 2.93. The molecule has 0 aliphatic heterocycles. The molecule has 0 radical (unpaired) electrons. The number of amides is 1. The minimum Gasteiger partial charge on any atom is -0.273 e. The van der Waals surface area contributed by atoms with Gasteiger partial charge in [0.25, 0.3) is 0 Å². The first-order chi connectivity index (χ1) is 10.7.